The zero-order chi connectivity index (χ0) is 14.5. The highest BCUT2D eigenvalue weighted by Gasteiger charge is 2.07. The molecular formula is C15H11F2NO2. The van der Waals surface area contributed by atoms with Crippen LogP contribution < -0.4 is 9.47 Å². The third-order valence-electron chi connectivity index (χ3n) is 2.69. The molecule has 2 aromatic rings. The second-order valence-corrected chi connectivity index (χ2v) is 4.00. The standard InChI is InChI=1S/C15H11F2NO2/c1-19-15-5-2-10(8-18)6-11(15)9-20-12-3-4-13(16)14(17)7-12/h2-7H,9H2,1H3. The quantitative estimate of drug-likeness (QED) is 0.858. The van der Waals surface area contributed by atoms with Gasteiger partial charge in [0.1, 0.15) is 18.1 Å². The maximum absolute atomic E-state index is 13.0. The fourth-order valence-electron chi connectivity index (χ4n) is 1.69. The fraction of sp³-hybridized carbons (Fsp3) is 0.133. The number of hydrogen-bond donors (Lipinski definition) is 0. The number of ether oxygens (including phenoxy) is 2. The van der Waals surface area contributed by atoms with Gasteiger partial charge in [-0.05, 0) is 30.3 Å². The first kappa shape index (κ1) is 13.8. The highest BCUT2D eigenvalue weighted by molar-refractivity contribution is 5.42. The highest BCUT2D eigenvalue weighted by atomic mass is 19.2. The van der Waals surface area contributed by atoms with E-state index in [1.54, 1.807) is 18.2 Å². The summed E-state index contributed by atoms with van der Waals surface area (Å²) in [7, 11) is 1.50. The maximum atomic E-state index is 13.0. The van der Waals surface area contributed by atoms with Crippen molar-refractivity contribution in [1.82, 2.24) is 0 Å². The molecule has 0 heterocycles. The van der Waals surface area contributed by atoms with Crippen LogP contribution in [0.4, 0.5) is 8.78 Å². The van der Waals surface area contributed by atoms with Crippen molar-refractivity contribution in [1.29, 1.82) is 5.26 Å². The van der Waals surface area contributed by atoms with Gasteiger partial charge < -0.3 is 9.47 Å². The Morgan fingerprint density at radius 1 is 1.10 bits per heavy atom. The summed E-state index contributed by atoms with van der Waals surface area (Å²) >= 11 is 0. The maximum Gasteiger partial charge on any atom is 0.162 e. The third-order valence-corrected chi connectivity index (χ3v) is 2.69. The van der Waals surface area contributed by atoms with E-state index in [0.717, 1.165) is 12.1 Å². The summed E-state index contributed by atoms with van der Waals surface area (Å²) in [5.41, 5.74) is 1.12. The Balaban J connectivity index is 2.17. The Kier molecular flexibility index (Phi) is 4.16. The van der Waals surface area contributed by atoms with Gasteiger partial charge in [-0.1, -0.05) is 0 Å². The summed E-state index contributed by atoms with van der Waals surface area (Å²) in [6, 6.07) is 10.2. The minimum atomic E-state index is -0.972. The Morgan fingerprint density at radius 2 is 1.90 bits per heavy atom. The van der Waals surface area contributed by atoms with E-state index in [1.165, 1.54) is 13.2 Å². The van der Waals surface area contributed by atoms with Crippen LogP contribution in [0.3, 0.4) is 0 Å². The molecule has 0 aromatic heterocycles. The molecule has 0 radical (unpaired) electrons. The van der Waals surface area contributed by atoms with Gasteiger partial charge in [0.25, 0.3) is 0 Å². The van der Waals surface area contributed by atoms with Crippen molar-refractivity contribution in [2.45, 2.75) is 6.61 Å². The van der Waals surface area contributed by atoms with Gasteiger partial charge in [-0.2, -0.15) is 5.26 Å². The van der Waals surface area contributed by atoms with E-state index >= 15 is 0 Å². The molecule has 0 saturated heterocycles. The van der Waals surface area contributed by atoms with Crippen LogP contribution in [0.5, 0.6) is 11.5 Å². The van der Waals surface area contributed by atoms with Crippen molar-refractivity contribution in [3.63, 3.8) is 0 Å². The Labute approximate surface area is 115 Å². The first-order chi connectivity index (χ1) is 9.63. The highest BCUT2D eigenvalue weighted by Crippen LogP contribution is 2.22. The van der Waals surface area contributed by atoms with E-state index < -0.39 is 11.6 Å². The average Bonchev–Trinajstić information content (AvgIpc) is 2.48. The lowest BCUT2D eigenvalue weighted by Crippen LogP contribution is -2.00. The SMILES string of the molecule is COc1ccc(C#N)cc1COc1ccc(F)c(F)c1. The first-order valence-corrected chi connectivity index (χ1v) is 5.79. The third kappa shape index (κ3) is 3.04. The van der Waals surface area contributed by atoms with Crippen LogP contribution in [0.15, 0.2) is 36.4 Å². The van der Waals surface area contributed by atoms with Crippen LogP contribution in [-0.4, -0.2) is 7.11 Å². The lowest BCUT2D eigenvalue weighted by atomic mass is 10.1. The molecular weight excluding hydrogens is 264 g/mol. The van der Waals surface area contributed by atoms with Crippen LogP contribution >= 0.6 is 0 Å². The molecule has 0 N–H and O–H groups in total. The van der Waals surface area contributed by atoms with Crippen molar-refractivity contribution in [3.05, 3.63) is 59.2 Å². The second-order valence-electron chi connectivity index (χ2n) is 4.00. The smallest absolute Gasteiger partial charge is 0.162 e. The molecule has 0 bridgehead atoms. The average molecular weight is 275 g/mol. The van der Waals surface area contributed by atoms with Gasteiger partial charge in [0.15, 0.2) is 11.6 Å². The van der Waals surface area contributed by atoms with E-state index in [4.69, 9.17) is 14.7 Å². The predicted molar refractivity (Wildman–Crippen MR) is 68.4 cm³/mol. The zero-order valence-electron chi connectivity index (χ0n) is 10.7. The molecule has 2 aromatic carbocycles. The van der Waals surface area contributed by atoms with Crippen LogP contribution in [0, 0.1) is 23.0 Å². The summed E-state index contributed by atoms with van der Waals surface area (Å²) in [6.07, 6.45) is 0. The zero-order valence-corrected chi connectivity index (χ0v) is 10.7. The largest absolute Gasteiger partial charge is 0.496 e. The first-order valence-electron chi connectivity index (χ1n) is 5.79. The number of nitrogens with zero attached hydrogens (tertiary/aromatic N) is 1. The van der Waals surface area contributed by atoms with Gasteiger partial charge in [0.05, 0.1) is 18.7 Å². The topological polar surface area (TPSA) is 42.2 Å². The number of methoxy groups -OCH3 is 1. The van der Waals surface area contributed by atoms with Crippen molar-refractivity contribution in [2.24, 2.45) is 0 Å². The van der Waals surface area contributed by atoms with Gasteiger partial charge in [-0.25, -0.2) is 8.78 Å². The molecule has 5 heteroatoms. The van der Waals surface area contributed by atoms with Crippen LogP contribution in [-0.2, 0) is 6.61 Å². The van der Waals surface area contributed by atoms with E-state index in [0.29, 0.717) is 16.9 Å². The Morgan fingerprint density at radius 3 is 2.55 bits per heavy atom. The summed E-state index contributed by atoms with van der Waals surface area (Å²) in [4.78, 5) is 0. The van der Waals surface area contributed by atoms with Crippen LogP contribution in [0.1, 0.15) is 11.1 Å². The molecule has 102 valence electrons. The molecule has 0 unspecified atom stereocenters. The van der Waals surface area contributed by atoms with Crippen LogP contribution in [0.25, 0.3) is 0 Å². The molecule has 0 amide bonds. The second kappa shape index (κ2) is 6.02. The van der Waals surface area contributed by atoms with Gasteiger partial charge in [0, 0.05) is 11.6 Å². The molecule has 0 aliphatic rings. The van der Waals surface area contributed by atoms with Gasteiger partial charge in [-0.15, -0.1) is 0 Å². The molecule has 0 aliphatic carbocycles. The molecule has 0 spiro atoms. The molecule has 2 rings (SSSR count). The summed E-state index contributed by atoms with van der Waals surface area (Å²) < 4.78 is 36.4. The number of hydrogen-bond acceptors (Lipinski definition) is 3. The molecule has 0 aliphatic heterocycles. The molecule has 0 saturated carbocycles. The molecule has 0 atom stereocenters. The summed E-state index contributed by atoms with van der Waals surface area (Å²) in [5, 5.41) is 8.85. The van der Waals surface area contributed by atoms with Crippen LogP contribution in [0.2, 0.25) is 0 Å². The van der Waals surface area contributed by atoms with Gasteiger partial charge in [0.2, 0.25) is 0 Å². The number of halogens is 2. The van der Waals surface area contributed by atoms with Crippen molar-refractivity contribution >= 4 is 0 Å². The molecule has 0 fully saturated rings. The number of nitriles is 1. The lowest BCUT2D eigenvalue weighted by Gasteiger charge is -2.10. The molecule has 3 nitrogen and oxygen atoms in total. The van der Waals surface area contributed by atoms with E-state index in [1.807, 2.05) is 6.07 Å². The number of rotatable bonds is 4. The lowest BCUT2D eigenvalue weighted by molar-refractivity contribution is 0.294. The predicted octanol–water partition coefficient (Wildman–Crippen LogP) is 3.42. The minimum Gasteiger partial charge on any atom is -0.496 e. The van der Waals surface area contributed by atoms with Crippen molar-refractivity contribution in [3.8, 4) is 17.6 Å². The fourth-order valence-corrected chi connectivity index (χ4v) is 1.69. The van der Waals surface area contributed by atoms with Crippen molar-refractivity contribution < 1.29 is 18.3 Å². The summed E-state index contributed by atoms with van der Waals surface area (Å²) in [6.45, 7) is 0.0871. The van der Waals surface area contributed by atoms with E-state index in [2.05, 4.69) is 0 Å². The monoisotopic (exact) mass is 275 g/mol. The van der Waals surface area contributed by atoms with Gasteiger partial charge >= 0.3 is 0 Å². The molecule has 20 heavy (non-hydrogen) atoms. The van der Waals surface area contributed by atoms with Crippen molar-refractivity contribution in [2.75, 3.05) is 7.11 Å². The summed E-state index contributed by atoms with van der Waals surface area (Å²) in [5.74, 6) is -1.14. The Hall–Kier alpha value is -2.61. The van der Waals surface area contributed by atoms with E-state index in [9.17, 15) is 8.78 Å². The van der Waals surface area contributed by atoms with Gasteiger partial charge in [-0.3, -0.25) is 0 Å². The van der Waals surface area contributed by atoms with E-state index in [-0.39, 0.29) is 12.4 Å². The Bertz CT molecular complexity index is 665. The number of benzene rings is 2. The minimum absolute atomic E-state index is 0.0871. The normalized spacial score (nSPS) is 9.90.